The Hall–Kier alpha value is -1.91. The standard InChI is InChI=1S/C9H8N4/c10-4-3-9(12)7-1-2-8(5-11)13-6-7/h1-2,6,9H,3,12H2/t9-/m0/s1. The van der Waals surface area contributed by atoms with Crippen molar-refractivity contribution >= 4 is 0 Å². The van der Waals surface area contributed by atoms with Crippen LogP contribution in [0.15, 0.2) is 18.3 Å². The van der Waals surface area contributed by atoms with Crippen molar-refractivity contribution in [3.8, 4) is 12.1 Å². The topological polar surface area (TPSA) is 86.5 Å². The van der Waals surface area contributed by atoms with E-state index in [2.05, 4.69) is 4.98 Å². The molecule has 0 aromatic carbocycles. The van der Waals surface area contributed by atoms with E-state index in [-0.39, 0.29) is 12.5 Å². The average molecular weight is 172 g/mol. The van der Waals surface area contributed by atoms with E-state index in [1.807, 2.05) is 12.1 Å². The second-order valence-electron chi connectivity index (χ2n) is 2.56. The van der Waals surface area contributed by atoms with Crippen molar-refractivity contribution in [2.24, 2.45) is 5.73 Å². The van der Waals surface area contributed by atoms with Crippen molar-refractivity contribution in [3.63, 3.8) is 0 Å². The minimum Gasteiger partial charge on any atom is -0.323 e. The summed E-state index contributed by atoms with van der Waals surface area (Å²) in [6, 6.07) is 6.88. The molecule has 4 nitrogen and oxygen atoms in total. The van der Waals surface area contributed by atoms with Gasteiger partial charge < -0.3 is 5.73 Å². The molecule has 13 heavy (non-hydrogen) atoms. The zero-order valence-electron chi connectivity index (χ0n) is 6.94. The molecule has 4 heteroatoms. The predicted octanol–water partition coefficient (Wildman–Crippen LogP) is 0.867. The highest BCUT2D eigenvalue weighted by atomic mass is 14.7. The van der Waals surface area contributed by atoms with E-state index in [1.165, 1.54) is 6.20 Å². The van der Waals surface area contributed by atoms with Gasteiger partial charge in [0.05, 0.1) is 12.5 Å². The molecule has 0 unspecified atom stereocenters. The van der Waals surface area contributed by atoms with E-state index in [1.54, 1.807) is 12.1 Å². The fourth-order valence-electron chi connectivity index (χ4n) is 0.907. The third-order valence-corrected chi connectivity index (χ3v) is 1.64. The van der Waals surface area contributed by atoms with E-state index in [4.69, 9.17) is 16.3 Å². The first-order valence-electron chi connectivity index (χ1n) is 3.76. The minimum absolute atomic E-state index is 0.258. The zero-order chi connectivity index (χ0) is 9.68. The lowest BCUT2D eigenvalue weighted by molar-refractivity contribution is 0.743. The Morgan fingerprint density at radius 1 is 1.46 bits per heavy atom. The Balaban J connectivity index is 2.82. The van der Waals surface area contributed by atoms with Gasteiger partial charge in [-0.25, -0.2) is 4.98 Å². The molecule has 0 aliphatic rings. The molecule has 0 bridgehead atoms. The van der Waals surface area contributed by atoms with Gasteiger partial charge in [0, 0.05) is 12.2 Å². The van der Waals surface area contributed by atoms with E-state index in [0.29, 0.717) is 5.69 Å². The molecule has 0 saturated heterocycles. The molecule has 1 atom stereocenters. The average Bonchev–Trinajstić information content (AvgIpc) is 2.18. The highest BCUT2D eigenvalue weighted by molar-refractivity contribution is 5.25. The number of pyridine rings is 1. The summed E-state index contributed by atoms with van der Waals surface area (Å²) in [7, 11) is 0. The number of rotatable bonds is 2. The molecule has 0 aliphatic heterocycles. The lowest BCUT2D eigenvalue weighted by atomic mass is 10.1. The molecule has 0 spiro atoms. The van der Waals surface area contributed by atoms with Crippen molar-refractivity contribution in [1.82, 2.24) is 4.98 Å². The second kappa shape index (κ2) is 4.20. The van der Waals surface area contributed by atoms with Gasteiger partial charge >= 0.3 is 0 Å². The lowest BCUT2D eigenvalue weighted by Crippen LogP contribution is -2.09. The van der Waals surface area contributed by atoms with Gasteiger partial charge in [-0.3, -0.25) is 0 Å². The summed E-state index contributed by atoms with van der Waals surface area (Å²) in [5, 5.41) is 16.9. The van der Waals surface area contributed by atoms with Crippen molar-refractivity contribution < 1.29 is 0 Å². The Labute approximate surface area is 76.2 Å². The summed E-state index contributed by atoms with van der Waals surface area (Å²) < 4.78 is 0. The first-order valence-corrected chi connectivity index (χ1v) is 3.76. The molecule has 0 saturated carbocycles. The number of hydrogen-bond acceptors (Lipinski definition) is 4. The van der Waals surface area contributed by atoms with Crippen LogP contribution in [0.2, 0.25) is 0 Å². The lowest BCUT2D eigenvalue weighted by Gasteiger charge is -2.05. The summed E-state index contributed by atoms with van der Waals surface area (Å²) in [4.78, 5) is 3.85. The van der Waals surface area contributed by atoms with Crippen molar-refractivity contribution in [2.75, 3.05) is 0 Å². The molecule has 64 valence electrons. The molecule has 1 rings (SSSR count). The molecule has 1 aromatic rings. The summed E-state index contributed by atoms with van der Waals surface area (Å²) in [5.74, 6) is 0. The van der Waals surface area contributed by atoms with Crippen molar-refractivity contribution in [3.05, 3.63) is 29.6 Å². The van der Waals surface area contributed by atoms with Crippen molar-refractivity contribution in [2.45, 2.75) is 12.5 Å². The summed E-state index contributed by atoms with van der Waals surface area (Å²) in [6.45, 7) is 0. The van der Waals surface area contributed by atoms with Gasteiger partial charge in [0.15, 0.2) is 0 Å². The Bertz CT molecular complexity index is 355. The van der Waals surface area contributed by atoms with E-state index in [9.17, 15) is 0 Å². The van der Waals surface area contributed by atoms with E-state index >= 15 is 0 Å². The van der Waals surface area contributed by atoms with Crippen LogP contribution in [0, 0.1) is 22.7 Å². The number of nitriles is 2. The number of aromatic nitrogens is 1. The molecule has 0 aliphatic carbocycles. The summed E-state index contributed by atoms with van der Waals surface area (Å²) in [6.07, 6.45) is 1.79. The van der Waals surface area contributed by atoms with Crippen LogP contribution in [0.25, 0.3) is 0 Å². The maximum atomic E-state index is 8.47. The first kappa shape index (κ1) is 9.18. The Morgan fingerprint density at radius 3 is 2.69 bits per heavy atom. The van der Waals surface area contributed by atoms with Crippen LogP contribution in [0.3, 0.4) is 0 Å². The van der Waals surface area contributed by atoms with Gasteiger partial charge in [-0.1, -0.05) is 6.07 Å². The Kier molecular flexibility index (Phi) is 2.97. The molecule has 2 N–H and O–H groups in total. The smallest absolute Gasteiger partial charge is 0.140 e. The van der Waals surface area contributed by atoms with Crippen LogP contribution in [0.1, 0.15) is 23.7 Å². The quantitative estimate of drug-likeness (QED) is 0.716. The number of nitrogens with zero attached hydrogens (tertiary/aromatic N) is 3. The molecule has 1 aromatic heterocycles. The van der Waals surface area contributed by atoms with Crippen LogP contribution in [-0.2, 0) is 0 Å². The molecule has 1 heterocycles. The summed E-state index contributed by atoms with van der Waals surface area (Å²) >= 11 is 0. The maximum Gasteiger partial charge on any atom is 0.140 e. The molecular formula is C9H8N4. The largest absolute Gasteiger partial charge is 0.323 e. The third kappa shape index (κ3) is 2.26. The third-order valence-electron chi connectivity index (χ3n) is 1.64. The highest BCUT2D eigenvalue weighted by Gasteiger charge is 2.04. The Morgan fingerprint density at radius 2 is 2.23 bits per heavy atom. The minimum atomic E-state index is -0.315. The zero-order valence-corrected chi connectivity index (χ0v) is 6.94. The van der Waals surface area contributed by atoms with Gasteiger partial charge in [0.2, 0.25) is 0 Å². The fourth-order valence-corrected chi connectivity index (χ4v) is 0.907. The van der Waals surface area contributed by atoms with Gasteiger partial charge in [-0.2, -0.15) is 10.5 Å². The summed E-state index contributed by atoms with van der Waals surface area (Å²) in [5.41, 5.74) is 6.78. The molecule has 0 fully saturated rings. The van der Waals surface area contributed by atoms with Gasteiger partial charge in [-0.05, 0) is 11.6 Å². The van der Waals surface area contributed by atoms with Crippen LogP contribution >= 0.6 is 0 Å². The van der Waals surface area contributed by atoms with Gasteiger partial charge in [0.1, 0.15) is 11.8 Å². The van der Waals surface area contributed by atoms with Crippen LogP contribution in [0.4, 0.5) is 0 Å². The SMILES string of the molecule is N#CC[C@H](N)c1ccc(C#N)nc1. The normalized spacial score (nSPS) is 11.3. The fraction of sp³-hybridized carbons (Fsp3) is 0.222. The van der Waals surface area contributed by atoms with Gasteiger partial charge in [0.25, 0.3) is 0 Å². The van der Waals surface area contributed by atoms with Crippen LogP contribution in [-0.4, -0.2) is 4.98 Å². The second-order valence-corrected chi connectivity index (χ2v) is 2.56. The van der Waals surface area contributed by atoms with Crippen molar-refractivity contribution in [1.29, 1.82) is 10.5 Å². The molecule has 0 radical (unpaired) electrons. The first-order chi connectivity index (χ1) is 6.27. The predicted molar refractivity (Wildman–Crippen MR) is 46.1 cm³/mol. The number of hydrogen-bond donors (Lipinski definition) is 1. The monoisotopic (exact) mass is 172 g/mol. The van der Waals surface area contributed by atoms with Crippen LogP contribution < -0.4 is 5.73 Å². The van der Waals surface area contributed by atoms with E-state index in [0.717, 1.165) is 5.56 Å². The molecular weight excluding hydrogens is 164 g/mol. The molecule has 0 amide bonds. The maximum absolute atomic E-state index is 8.47. The highest BCUT2D eigenvalue weighted by Crippen LogP contribution is 2.11. The van der Waals surface area contributed by atoms with Crippen LogP contribution in [0.5, 0.6) is 0 Å². The number of nitrogens with two attached hydrogens (primary N) is 1. The van der Waals surface area contributed by atoms with Gasteiger partial charge in [-0.15, -0.1) is 0 Å². The van der Waals surface area contributed by atoms with E-state index < -0.39 is 0 Å².